The number of benzene rings is 3. The van der Waals surface area contributed by atoms with E-state index in [2.05, 4.69) is 21.8 Å². The van der Waals surface area contributed by atoms with Crippen molar-refractivity contribution in [1.82, 2.24) is 14.5 Å². The van der Waals surface area contributed by atoms with Crippen LogP contribution in [0.1, 0.15) is 35.2 Å². The first kappa shape index (κ1) is 25.0. The third-order valence-electron chi connectivity index (χ3n) is 7.30. The molecule has 7 nitrogen and oxygen atoms in total. The van der Waals surface area contributed by atoms with Gasteiger partial charge >= 0.3 is 0 Å². The molecule has 3 aromatic carbocycles. The number of halogens is 2. The zero-order valence-corrected chi connectivity index (χ0v) is 21.5. The molecule has 9 heteroatoms. The van der Waals surface area contributed by atoms with Gasteiger partial charge in [-0.05, 0) is 60.0 Å². The molecule has 198 valence electrons. The summed E-state index contributed by atoms with van der Waals surface area (Å²) in [5.41, 5.74) is 5.60. The molecule has 1 fully saturated rings. The highest BCUT2D eigenvalue weighted by Crippen LogP contribution is 2.39. The molecule has 39 heavy (non-hydrogen) atoms. The largest absolute Gasteiger partial charge is 0.488 e. The molecule has 1 saturated heterocycles. The molecule has 6 rings (SSSR count). The zero-order chi connectivity index (χ0) is 26.9. The van der Waals surface area contributed by atoms with Gasteiger partial charge in [-0.3, -0.25) is 4.90 Å². The highest BCUT2D eigenvalue weighted by atomic mass is 19.1. The number of fused-ring (bicyclic) bond motifs is 3. The summed E-state index contributed by atoms with van der Waals surface area (Å²) in [6.45, 7) is 6.09. The van der Waals surface area contributed by atoms with Gasteiger partial charge in [-0.1, -0.05) is 18.2 Å². The van der Waals surface area contributed by atoms with Crippen LogP contribution in [0.2, 0.25) is 0 Å². The number of nitriles is 1. The molecule has 1 atom stereocenters. The van der Waals surface area contributed by atoms with E-state index in [0.717, 1.165) is 41.8 Å². The summed E-state index contributed by atoms with van der Waals surface area (Å²) >= 11 is 0. The Hall–Kier alpha value is -4.26. The van der Waals surface area contributed by atoms with Crippen molar-refractivity contribution in [3.8, 4) is 11.9 Å². The number of nitrogens with one attached hydrogen (secondary N) is 1. The molecule has 0 amide bonds. The predicted molar refractivity (Wildman–Crippen MR) is 144 cm³/mol. The molecule has 0 bridgehead atoms. The first-order valence-electron chi connectivity index (χ1n) is 12.9. The predicted octanol–water partition coefficient (Wildman–Crippen LogP) is 5.00. The lowest BCUT2D eigenvalue weighted by molar-refractivity contribution is 0.0326. The average molecular weight is 528 g/mol. The second-order valence-electron chi connectivity index (χ2n) is 9.82. The van der Waals surface area contributed by atoms with Gasteiger partial charge in [0.2, 0.25) is 11.8 Å². The lowest BCUT2D eigenvalue weighted by Crippen LogP contribution is -2.40. The van der Waals surface area contributed by atoms with Gasteiger partial charge in [-0.2, -0.15) is 5.26 Å². The number of aromatic nitrogens is 2. The summed E-state index contributed by atoms with van der Waals surface area (Å²) in [6.07, 6.45) is 3.86. The van der Waals surface area contributed by atoms with Crippen molar-refractivity contribution in [3.05, 3.63) is 94.1 Å². The minimum absolute atomic E-state index is 0.00547. The van der Waals surface area contributed by atoms with Crippen molar-refractivity contribution in [3.63, 3.8) is 0 Å². The van der Waals surface area contributed by atoms with E-state index in [0.29, 0.717) is 41.3 Å². The van der Waals surface area contributed by atoms with Crippen LogP contribution in [0.5, 0.6) is 5.75 Å². The Kier molecular flexibility index (Phi) is 6.73. The van der Waals surface area contributed by atoms with Crippen molar-refractivity contribution < 1.29 is 18.3 Å². The number of rotatable bonds is 4. The average Bonchev–Trinajstić information content (AvgIpc) is 3.21. The van der Waals surface area contributed by atoms with Crippen molar-refractivity contribution >= 4 is 22.7 Å². The zero-order valence-electron chi connectivity index (χ0n) is 21.5. The van der Waals surface area contributed by atoms with Gasteiger partial charge in [0.05, 0.1) is 24.2 Å². The number of H-pyrrole nitrogens is 1. The minimum Gasteiger partial charge on any atom is -0.488 e. The molecule has 0 aliphatic carbocycles. The first-order valence-corrected chi connectivity index (χ1v) is 12.9. The second kappa shape index (κ2) is 10.5. The van der Waals surface area contributed by atoms with E-state index >= 15 is 0 Å². The fraction of sp³-hybridized carbons (Fsp3) is 0.267. The Labute approximate surface area is 224 Å². The quantitative estimate of drug-likeness (QED) is 0.379. The first-order chi connectivity index (χ1) is 19.0. The fourth-order valence-electron chi connectivity index (χ4n) is 5.48. The molecule has 2 aliphatic heterocycles. The Balaban J connectivity index is 1.46. The third-order valence-corrected chi connectivity index (χ3v) is 7.30. The van der Waals surface area contributed by atoms with E-state index in [1.165, 1.54) is 18.2 Å². The van der Waals surface area contributed by atoms with E-state index in [1.807, 2.05) is 41.1 Å². The second-order valence-corrected chi connectivity index (χ2v) is 9.82. The maximum atomic E-state index is 14.8. The van der Waals surface area contributed by atoms with Gasteiger partial charge in [0.25, 0.3) is 0 Å². The van der Waals surface area contributed by atoms with Crippen LogP contribution in [0.25, 0.3) is 22.7 Å². The fourth-order valence-corrected chi connectivity index (χ4v) is 5.48. The normalized spacial score (nSPS) is 17.8. The summed E-state index contributed by atoms with van der Waals surface area (Å²) < 4.78 is 42.2. The van der Waals surface area contributed by atoms with Crippen molar-refractivity contribution in [2.45, 2.75) is 19.6 Å². The lowest BCUT2D eigenvalue weighted by atomic mass is 9.92. The number of hydrogen-bond acceptors (Lipinski definition) is 5. The maximum Gasteiger partial charge on any atom is 0.219 e. The maximum absolute atomic E-state index is 14.8. The van der Waals surface area contributed by atoms with Crippen LogP contribution in [0, 0.1) is 23.1 Å². The Bertz CT molecular complexity index is 1690. The van der Waals surface area contributed by atoms with Crippen molar-refractivity contribution in [2.75, 3.05) is 32.8 Å². The molecule has 2 aliphatic rings. The van der Waals surface area contributed by atoms with Gasteiger partial charge < -0.3 is 19.0 Å². The number of hydrogen-bond donors (Lipinski definition) is 1. The Morgan fingerprint density at radius 2 is 1.95 bits per heavy atom. The smallest absolute Gasteiger partial charge is 0.219 e. The van der Waals surface area contributed by atoms with Gasteiger partial charge in [-0.15, -0.1) is 4.99 Å². The van der Waals surface area contributed by atoms with Gasteiger partial charge in [0, 0.05) is 42.9 Å². The monoisotopic (exact) mass is 527 g/mol. The van der Waals surface area contributed by atoms with Crippen molar-refractivity contribution in [1.29, 1.82) is 5.26 Å². The SMILES string of the molecule is C[C@@H](CN1CCOCC1)n1/c(=N/C#N)[nH]c2cc(/C=C3/c4ccc(F)cc4OCc4c(F)cccc43)ccc21. The molecular weight excluding hydrogens is 500 g/mol. The summed E-state index contributed by atoms with van der Waals surface area (Å²) in [5, 5.41) is 9.34. The molecule has 1 N–H and O–H groups in total. The van der Waals surface area contributed by atoms with Gasteiger partial charge in [0.1, 0.15) is 24.0 Å². The minimum atomic E-state index is -0.420. The molecule has 4 aromatic rings. The van der Waals surface area contributed by atoms with E-state index in [9.17, 15) is 14.0 Å². The summed E-state index contributed by atoms with van der Waals surface area (Å²) in [6, 6.07) is 15.3. The topological polar surface area (TPSA) is 78.6 Å². The van der Waals surface area contributed by atoms with Crippen LogP contribution >= 0.6 is 0 Å². The van der Waals surface area contributed by atoms with E-state index in [1.54, 1.807) is 12.1 Å². The standard InChI is InChI=1S/C30H27F2N5O2/c1-19(16-36-9-11-38-12-10-36)37-28-8-5-20(14-27(28)35-30(37)34-18-33)13-24-22-3-2-4-26(32)25(22)17-39-29-15-21(31)6-7-23(24)29/h2-8,13-15,19H,9-12,16-17H2,1H3,(H,34,35)/b24-13+/t19-/m0/s1. The summed E-state index contributed by atoms with van der Waals surface area (Å²) in [4.78, 5) is 9.70. The van der Waals surface area contributed by atoms with Crippen LogP contribution in [0.3, 0.4) is 0 Å². The van der Waals surface area contributed by atoms with Gasteiger partial charge in [-0.25, -0.2) is 8.78 Å². The van der Waals surface area contributed by atoms with Crippen LogP contribution in [0.4, 0.5) is 8.78 Å². The van der Waals surface area contributed by atoms with Crippen LogP contribution < -0.4 is 10.4 Å². The lowest BCUT2D eigenvalue weighted by Gasteiger charge is -2.29. The van der Waals surface area contributed by atoms with E-state index in [4.69, 9.17) is 9.47 Å². The molecule has 0 saturated carbocycles. The molecule has 1 aromatic heterocycles. The van der Waals surface area contributed by atoms with Crippen LogP contribution in [0.15, 0.2) is 59.6 Å². The number of morpholine rings is 1. The van der Waals surface area contributed by atoms with Crippen LogP contribution in [-0.2, 0) is 11.3 Å². The summed E-state index contributed by atoms with van der Waals surface area (Å²) in [7, 11) is 0. The third kappa shape index (κ3) is 4.85. The molecular formula is C30H27F2N5O2. The van der Waals surface area contributed by atoms with Crippen LogP contribution in [-0.4, -0.2) is 47.3 Å². The van der Waals surface area contributed by atoms with E-state index < -0.39 is 5.82 Å². The molecule has 0 radical (unpaired) electrons. The van der Waals surface area contributed by atoms with E-state index in [-0.39, 0.29) is 18.5 Å². The number of aromatic amines is 1. The Morgan fingerprint density at radius 3 is 2.77 bits per heavy atom. The Morgan fingerprint density at radius 1 is 1.10 bits per heavy atom. The summed E-state index contributed by atoms with van der Waals surface area (Å²) in [5.74, 6) is -0.427. The molecule has 0 unspecified atom stereocenters. The number of imidazole rings is 1. The molecule has 0 spiro atoms. The molecule has 3 heterocycles. The highest BCUT2D eigenvalue weighted by Gasteiger charge is 2.23. The van der Waals surface area contributed by atoms with Gasteiger partial charge in [0.15, 0.2) is 0 Å². The van der Waals surface area contributed by atoms with Crippen molar-refractivity contribution in [2.24, 2.45) is 4.99 Å². The highest BCUT2D eigenvalue weighted by molar-refractivity contribution is 5.95. The number of nitrogens with zero attached hydrogens (tertiary/aromatic N) is 4. The number of ether oxygens (including phenoxy) is 2.